The topological polar surface area (TPSA) is 157 Å². The third-order valence-electron chi connectivity index (χ3n) is 5.98. The smallest absolute Gasteiger partial charge is 0.326 e. The van der Waals surface area contributed by atoms with E-state index in [0.29, 0.717) is 18.4 Å². The Morgan fingerprint density at radius 1 is 1.09 bits per heavy atom. The number of aliphatic carboxylic acids is 1. The highest BCUT2D eigenvalue weighted by molar-refractivity contribution is 7.80. The van der Waals surface area contributed by atoms with Crippen LogP contribution in [0.3, 0.4) is 0 Å². The van der Waals surface area contributed by atoms with Crippen molar-refractivity contribution in [2.24, 2.45) is 5.92 Å². The van der Waals surface area contributed by atoms with Gasteiger partial charge in [-0.15, -0.1) is 0 Å². The first-order chi connectivity index (χ1) is 16.2. The zero-order valence-corrected chi connectivity index (χ0v) is 20.3. The summed E-state index contributed by atoms with van der Waals surface area (Å²) in [6.45, 7) is 4.48. The first-order valence-electron chi connectivity index (χ1n) is 11.4. The summed E-state index contributed by atoms with van der Waals surface area (Å²) in [5, 5.41) is 29.9. The molecule has 0 spiro atoms. The van der Waals surface area contributed by atoms with E-state index < -0.39 is 35.9 Å². The van der Waals surface area contributed by atoms with E-state index in [0.717, 1.165) is 13.0 Å². The number of rotatable bonds is 12. The molecule has 1 aromatic carbocycles. The predicted molar refractivity (Wildman–Crippen MR) is 130 cm³/mol. The first-order valence-corrected chi connectivity index (χ1v) is 12.1. The standard InChI is InChI=1S/C23H34N4O6S/c1-3-13(2)19(27-20(29)16-5-4-10-24-16)22(31)26-18(12-34)21(30)25-17(23(32)33)11-14-6-8-15(28)9-7-14/h6-9,13,16-19,24,28,34H,3-5,10-12H2,1-2H3,(H,25,30)(H,26,31)(H,27,29)(H,32,33). The van der Waals surface area contributed by atoms with Gasteiger partial charge in [0.25, 0.3) is 0 Å². The Morgan fingerprint density at radius 2 is 1.74 bits per heavy atom. The maximum Gasteiger partial charge on any atom is 0.326 e. The summed E-state index contributed by atoms with van der Waals surface area (Å²) in [6, 6.07) is 2.46. The van der Waals surface area contributed by atoms with Crippen LogP contribution in [0.4, 0.5) is 0 Å². The van der Waals surface area contributed by atoms with Gasteiger partial charge in [0, 0.05) is 12.2 Å². The molecule has 2 rings (SSSR count). The molecule has 3 amide bonds. The average molecular weight is 495 g/mol. The van der Waals surface area contributed by atoms with E-state index in [-0.39, 0.29) is 35.8 Å². The van der Waals surface area contributed by atoms with Crippen LogP contribution in [0.2, 0.25) is 0 Å². The van der Waals surface area contributed by atoms with E-state index in [1.54, 1.807) is 12.1 Å². The van der Waals surface area contributed by atoms with Gasteiger partial charge in [-0.25, -0.2) is 4.79 Å². The summed E-state index contributed by atoms with van der Waals surface area (Å²) in [6.07, 6.45) is 2.20. The van der Waals surface area contributed by atoms with Gasteiger partial charge in [-0.05, 0) is 43.0 Å². The number of hydrogen-bond donors (Lipinski definition) is 7. The summed E-state index contributed by atoms with van der Waals surface area (Å²) in [5.74, 6) is -2.92. The molecule has 0 radical (unpaired) electrons. The fourth-order valence-electron chi connectivity index (χ4n) is 3.66. The number of phenolic OH excluding ortho intramolecular Hbond substituents is 1. The van der Waals surface area contributed by atoms with Gasteiger partial charge in [0.2, 0.25) is 17.7 Å². The Kier molecular flexibility index (Phi) is 10.6. The maximum atomic E-state index is 13.0. The largest absolute Gasteiger partial charge is 0.508 e. The summed E-state index contributed by atoms with van der Waals surface area (Å²) in [4.78, 5) is 50.1. The minimum Gasteiger partial charge on any atom is -0.508 e. The number of aromatic hydroxyl groups is 1. The molecule has 1 heterocycles. The van der Waals surface area contributed by atoms with Crippen molar-refractivity contribution in [2.45, 2.75) is 63.7 Å². The van der Waals surface area contributed by atoms with Crippen LogP contribution in [0.1, 0.15) is 38.7 Å². The molecule has 188 valence electrons. The molecule has 10 nitrogen and oxygen atoms in total. The Hall–Kier alpha value is -2.79. The van der Waals surface area contributed by atoms with Gasteiger partial charge < -0.3 is 31.5 Å². The molecule has 11 heteroatoms. The number of carbonyl (C=O) groups is 4. The second kappa shape index (κ2) is 13.2. The fraction of sp³-hybridized carbons (Fsp3) is 0.565. The Balaban J connectivity index is 2.04. The summed E-state index contributed by atoms with van der Waals surface area (Å²) < 4.78 is 0. The van der Waals surface area contributed by atoms with Crippen LogP contribution < -0.4 is 21.3 Å². The molecule has 0 saturated carbocycles. The summed E-state index contributed by atoms with van der Waals surface area (Å²) in [5.41, 5.74) is 0.608. The van der Waals surface area contributed by atoms with Gasteiger partial charge in [-0.1, -0.05) is 32.4 Å². The van der Waals surface area contributed by atoms with Crippen LogP contribution in [0.5, 0.6) is 5.75 Å². The number of nitrogens with one attached hydrogen (secondary N) is 4. The van der Waals surface area contributed by atoms with Gasteiger partial charge in [-0.3, -0.25) is 14.4 Å². The monoisotopic (exact) mass is 494 g/mol. The van der Waals surface area contributed by atoms with Gasteiger partial charge in [-0.2, -0.15) is 12.6 Å². The van der Waals surface area contributed by atoms with Crippen molar-refractivity contribution in [1.29, 1.82) is 0 Å². The number of thiol groups is 1. The molecule has 1 aromatic rings. The van der Waals surface area contributed by atoms with Crippen LogP contribution in [-0.2, 0) is 25.6 Å². The highest BCUT2D eigenvalue weighted by atomic mass is 32.1. The number of phenols is 1. The lowest BCUT2D eigenvalue weighted by atomic mass is 9.97. The Bertz CT molecular complexity index is 860. The van der Waals surface area contributed by atoms with E-state index in [9.17, 15) is 29.4 Å². The molecular formula is C23H34N4O6S. The molecule has 0 aliphatic carbocycles. The van der Waals surface area contributed by atoms with Crippen LogP contribution in [0.15, 0.2) is 24.3 Å². The van der Waals surface area contributed by atoms with Crippen molar-refractivity contribution in [3.63, 3.8) is 0 Å². The zero-order chi connectivity index (χ0) is 25.3. The normalized spacial score (nSPS) is 18.9. The van der Waals surface area contributed by atoms with E-state index >= 15 is 0 Å². The quantitative estimate of drug-likeness (QED) is 0.205. The van der Waals surface area contributed by atoms with Crippen LogP contribution in [0, 0.1) is 5.92 Å². The molecule has 34 heavy (non-hydrogen) atoms. The van der Waals surface area contributed by atoms with Crippen LogP contribution in [-0.4, -0.2) is 70.4 Å². The van der Waals surface area contributed by atoms with E-state index in [1.807, 2.05) is 13.8 Å². The van der Waals surface area contributed by atoms with Crippen molar-refractivity contribution in [1.82, 2.24) is 21.3 Å². The minimum atomic E-state index is -1.24. The van der Waals surface area contributed by atoms with Crippen molar-refractivity contribution in [3.05, 3.63) is 29.8 Å². The van der Waals surface area contributed by atoms with Crippen molar-refractivity contribution >= 4 is 36.3 Å². The summed E-state index contributed by atoms with van der Waals surface area (Å²) in [7, 11) is 0. The van der Waals surface area contributed by atoms with E-state index in [1.165, 1.54) is 12.1 Å². The van der Waals surface area contributed by atoms with Crippen molar-refractivity contribution in [3.8, 4) is 5.75 Å². The molecule has 5 atom stereocenters. The Morgan fingerprint density at radius 3 is 2.26 bits per heavy atom. The fourth-order valence-corrected chi connectivity index (χ4v) is 3.92. The number of carbonyl (C=O) groups excluding carboxylic acids is 3. The highest BCUT2D eigenvalue weighted by Gasteiger charge is 2.33. The average Bonchev–Trinajstić information content (AvgIpc) is 3.36. The van der Waals surface area contributed by atoms with Crippen LogP contribution >= 0.6 is 12.6 Å². The molecule has 1 aliphatic rings. The van der Waals surface area contributed by atoms with Gasteiger partial charge >= 0.3 is 5.97 Å². The molecule has 0 bridgehead atoms. The Labute approximate surface area is 204 Å². The molecule has 1 saturated heterocycles. The van der Waals surface area contributed by atoms with Gasteiger partial charge in [0.15, 0.2) is 0 Å². The highest BCUT2D eigenvalue weighted by Crippen LogP contribution is 2.13. The second-order valence-electron chi connectivity index (χ2n) is 8.53. The maximum absolute atomic E-state index is 13.0. The summed E-state index contributed by atoms with van der Waals surface area (Å²) >= 11 is 4.15. The lowest BCUT2D eigenvalue weighted by Gasteiger charge is -2.27. The van der Waals surface area contributed by atoms with Crippen molar-refractivity contribution in [2.75, 3.05) is 12.3 Å². The second-order valence-corrected chi connectivity index (χ2v) is 8.90. The lowest BCUT2D eigenvalue weighted by Crippen LogP contribution is -2.59. The molecule has 1 aliphatic heterocycles. The molecule has 0 aromatic heterocycles. The molecule has 5 unspecified atom stereocenters. The van der Waals surface area contributed by atoms with Crippen molar-refractivity contribution < 1.29 is 29.4 Å². The molecular weight excluding hydrogens is 460 g/mol. The SMILES string of the molecule is CCC(C)C(NC(=O)C1CCCN1)C(=O)NC(CS)C(=O)NC(Cc1ccc(O)cc1)C(=O)O. The molecule has 1 fully saturated rings. The lowest BCUT2D eigenvalue weighted by molar-refractivity contribution is -0.142. The minimum absolute atomic E-state index is 0.00543. The third-order valence-corrected chi connectivity index (χ3v) is 6.34. The zero-order valence-electron chi connectivity index (χ0n) is 19.4. The number of hydrogen-bond acceptors (Lipinski definition) is 7. The van der Waals surface area contributed by atoms with Gasteiger partial charge in [0.1, 0.15) is 23.9 Å². The van der Waals surface area contributed by atoms with E-state index in [2.05, 4.69) is 33.9 Å². The molecule has 6 N–H and O–H groups in total. The number of benzene rings is 1. The third kappa shape index (κ3) is 7.91. The number of carboxylic acids is 1. The first kappa shape index (κ1) is 27.5. The van der Waals surface area contributed by atoms with Crippen LogP contribution in [0.25, 0.3) is 0 Å². The predicted octanol–water partition coefficient (Wildman–Crippen LogP) is 0.202. The number of carboxylic acid groups (broad SMARTS) is 1. The van der Waals surface area contributed by atoms with Gasteiger partial charge in [0.05, 0.1) is 6.04 Å². The van der Waals surface area contributed by atoms with E-state index in [4.69, 9.17) is 0 Å². The number of amides is 3.